The number of benzene rings is 1. The maximum absolute atomic E-state index is 5.81. The first-order chi connectivity index (χ1) is 6.79. The average Bonchev–Trinajstić information content (AvgIpc) is 2.12. The first-order valence-electron chi connectivity index (χ1n) is 5.13. The number of thiocarbonyl (C=S) groups is 1. The van der Waals surface area contributed by atoms with Crippen LogP contribution in [0.25, 0.3) is 0 Å². The van der Waals surface area contributed by atoms with Crippen molar-refractivity contribution in [1.82, 2.24) is 0 Å². The van der Waals surface area contributed by atoms with Crippen LogP contribution < -0.4 is 5.73 Å². The second-order valence-electron chi connectivity index (χ2n) is 3.98. The summed E-state index contributed by atoms with van der Waals surface area (Å²) in [4.78, 5) is 0.654. The highest BCUT2D eigenvalue weighted by Crippen LogP contribution is 2.39. The first-order valence-corrected chi connectivity index (χ1v) is 5.54. The van der Waals surface area contributed by atoms with E-state index in [0.29, 0.717) is 16.8 Å². The second kappa shape index (κ2) is 4.09. The molecule has 0 amide bonds. The van der Waals surface area contributed by atoms with Gasteiger partial charge in [-0.2, -0.15) is 0 Å². The molecule has 0 saturated heterocycles. The lowest BCUT2D eigenvalue weighted by Crippen LogP contribution is -2.30. The van der Waals surface area contributed by atoms with Gasteiger partial charge in [-0.1, -0.05) is 49.0 Å². The number of nitrogens with two attached hydrogens (primary N) is 1. The zero-order valence-corrected chi connectivity index (χ0v) is 8.96. The van der Waals surface area contributed by atoms with Gasteiger partial charge in [0, 0.05) is 5.92 Å². The fraction of sp³-hybridized carbons (Fsp3) is 0.417. The summed E-state index contributed by atoms with van der Waals surface area (Å²) in [5.74, 6) is 0.995. The zero-order chi connectivity index (χ0) is 9.97. The van der Waals surface area contributed by atoms with Crippen molar-refractivity contribution in [1.29, 1.82) is 0 Å². The average molecular weight is 205 g/mol. The van der Waals surface area contributed by atoms with E-state index in [1.54, 1.807) is 0 Å². The van der Waals surface area contributed by atoms with Gasteiger partial charge in [0.1, 0.15) is 0 Å². The fourth-order valence-electron chi connectivity index (χ4n) is 2.10. The molecule has 2 rings (SSSR count). The minimum Gasteiger partial charge on any atom is -0.393 e. The Hall–Kier alpha value is -0.890. The predicted molar refractivity (Wildman–Crippen MR) is 63.3 cm³/mol. The van der Waals surface area contributed by atoms with Gasteiger partial charge < -0.3 is 5.73 Å². The normalized spacial score (nSPS) is 18.6. The highest BCUT2D eigenvalue weighted by atomic mass is 32.1. The van der Waals surface area contributed by atoms with Crippen LogP contribution in [0.3, 0.4) is 0 Å². The quantitative estimate of drug-likeness (QED) is 0.768. The van der Waals surface area contributed by atoms with Crippen LogP contribution in [-0.4, -0.2) is 4.99 Å². The lowest BCUT2D eigenvalue weighted by atomic mass is 9.73. The Morgan fingerprint density at radius 3 is 2.36 bits per heavy atom. The van der Waals surface area contributed by atoms with Gasteiger partial charge in [-0.05, 0) is 24.3 Å². The molecular formula is C12H15NS. The van der Waals surface area contributed by atoms with E-state index in [4.69, 9.17) is 18.0 Å². The van der Waals surface area contributed by atoms with Gasteiger partial charge in [0.25, 0.3) is 0 Å². The maximum atomic E-state index is 5.81. The molecule has 0 radical (unpaired) electrons. The van der Waals surface area contributed by atoms with Crippen molar-refractivity contribution in [2.24, 2.45) is 11.7 Å². The van der Waals surface area contributed by atoms with E-state index in [-0.39, 0.29) is 0 Å². The standard InChI is InChI=1S/C12H15NS/c13-12(14)11(10-7-4-8-10)9-5-2-1-3-6-9/h1-3,5-6,10-11H,4,7-8H2,(H2,13,14). The van der Waals surface area contributed by atoms with Gasteiger partial charge in [0.15, 0.2) is 0 Å². The molecule has 74 valence electrons. The molecule has 14 heavy (non-hydrogen) atoms. The van der Waals surface area contributed by atoms with Crippen LogP contribution in [0.1, 0.15) is 30.7 Å². The Labute approximate surface area is 90.3 Å². The molecule has 0 bridgehead atoms. The van der Waals surface area contributed by atoms with E-state index < -0.39 is 0 Å². The van der Waals surface area contributed by atoms with Crippen molar-refractivity contribution in [2.75, 3.05) is 0 Å². The van der Waals surface area contributed by atoms with Crippen molar-refractivity contribution in [3.63, 3.8) is 0 Å². The Morgan fingerprint density at radius 1 is 1.29 bits per heavy atom. The summed E-state index contributed by atoms with van der Waals surface area (Å²) in [5, 5.41) is 0. The fourth-order valence-corrected chi connectivity index (χ4v) is 2.43. The van der Waals surface area contributed by atoms with Gasteiger partial charge in [-0.15, -0.1) is 0 Å². The van der Waals surface area contributed by atoms with Crippen molar-refractivity contribution in [3.8, 4) is 0 Å². The maximum Gasteiger partial charge on any atom is 0.0806 e. The second-order valence-corrected chi connectivity index (χ2v) is 4.45. The SMILES string of the molecule is NC(=S)C(c1ccccc1)C1CCC1. The Morgan fingerprint density at radius 2 is 1.93 bits per heavy atom. The highest BCUT2D eigenvalue weighted by Gasteiger charge is 2.30. The van der Waals surface area contributed by atoms with Crippen LogP contribution >= 0.6 is 12.2 Å². The van der Waals surface area contributed by atoms with Crippen LogP contribution in [0.15, 0.2) is 30.3 Å². The van der Waals surface area contributed by atoms with Crippen LogP contribution in [-0.2, 0) is 0 Å². The zero-order valence-electron chi connectivity index (χ0n) is 8.15. The largest absolute Gasteiger partial charge is 0.393 e. The molecule has 1 aliphatic rings. The number of hydrogen-bond acceptors (Lipinski definition) is 1. The Kier molecular flexibility index (Phi) is 2.82. The third-order valence-electron chi connectivity index (χ3n) is 3.09. The lowest BCUT2D eigenvalue weighted by Gasteiger charge is -2.33. The van der Waals surface area contributed by atoms with Crippen LogP contribution in [0.2, 0.25) is 0 Å². The Balaban J connectivity index is 2.22. The smallest absolute Gasteiger partial charge is 0.0806 e. The van der Waals surface area contributed by atoms with E-state index in [1.165, 1.54) is 24.8 Å². The monoisotopic (exact) mass is 205 g/mol. The van der Waals surface area contributed by atoms with Crippen LogP contribution in [0.5, 0.6) is 0 Å². The van der Waals surface area contributed by atoms with E-state index in [1.807, 2.05) is 6.07 Å². The molecule has 1 aromatic carbocycles. The van der Waals surface area contributed by atoms with Crippen LogP contribution in [0, 0.1) is 5.92 Å². The molecular weight excluding hydrogens is 190 g/mol. The predicted octanol–water partition coefficient (Wildman–Crippen LogP) is 2.86. The van der Waals surface area contributed by atoms with Crippen molar-refractivity contribution >= 4 is 17.2 Å². The summed E-state index contributed by atoms with van der Waals surface area (Å²) >= 11 is 5.15. The molecule has 1 aliphatic carbocycles. The molecule has 0 aliphatic heterocycles. The van der Waals surface area contributed by atoms with Gasteiger partial charge >= 0.3 is 0 Å². The van der Waals surface area contributed by atoms with E-state index >= 15 is 0 Å². The van der Waals surface area contributed by atoms with E-state index in [0.717, 1.165) is 0 Å². The van der Waals surface area contributed by atoms with Crippen LogP contribution in [0.4, 0.5) is 0 Å². The van der Waals surface area contributed by atoms with Gasteiger partial charge in [0.2, 0.25) is 0 Å². The Bertz CT molecular complexity index is 316. The molecule has 1 saturated carbocycles. The minimum atomic E-state index is 0.306. The molecule has 0 aromatic heterocycles. The number of rotatable bonds is 3. The number of hydrogen-bond donors (Lipinski definition) is 1. The van der Waals surface area contributed by atoms with Gasteiger partial charge in [-0.3, -0.25) is 0 Å². The minimum absolute atomic E-state index is 0.306. The van der Waals surface area contributed by atoms with E-state index in [9.17, 15) is 0 Å². The summed E-state index contributed by atoms with van der Waals surface area (Å²) in [7, 11) is 0. The molecule has 1 fully saturated rings. The topological polar surface area (TPSA) is 26.0 Å². The molecule has 2 heteroatoms. The van der Waals surface area contributed by atoms with Crippen molar-refractivity contribution in [2.45, 2.75) is 25.2 Å². The van der Waals surface area contributed by atoms with Gasteiger partial charge in [-0.25, -0.2) is 0 Å². The molecule has 1 unspecified atom stereocenters. The molecule has 2 N–H and O–H groups in total. The lowest BCUT2D eigenvalue weighted by molar-refractivity contribution is 0.298. The summed E-state index contributed by atoms with van der Waals surface area (Å²) in [5.41, 5.74) is 7.09. The molecule has 1 nitrogen and oxygen atoms in total. The summed E-state index contributed by atoms with van der Waals surface area (Å²) < 4.78 is 0. The van der Waals surface area contributed by atoms with Crippen molar-refractivity contribution in [3.05, 3.63) is 35.9 Å². The van der Waals surface area contributed by atoms with Gasteiger partial charge in [0.05, 0.1) is 4.99 Å². The molecule has 1 atom stereocenters. The molecule has 0 spiro atoms. The summed E-state index contributed by atoms with van der Waals surface area (Å²) in [6.45, 7) is 0. The molecule has 0 heterocycles. The molecule has 1 aromatic rings. The first kappa shape index (κ1) is 9.66. The summed E-state index contributed by atoms with van der Waals surface area (Å²) in [6.07, 6.45) is 3.88. The van der Waals surface area contributed by atoms with Crippen molar-refractivity contribution < 1.29 is 0 Å². The van der Waals surface area contributed by atoms with E-state index in [2.05, 4.69) is 24.3 Å². The third-order valence-corrected chi connectivity index (χ3v) is 3.34. The summed E-state index contributed by atoms with van der Waals surface area (Å²) in [6, 6.07) is 10.4. The highest BCUT2D eigenvalue weighted by molar-refractivity contribution is 7.80. The third kappa shape index (κ3) is 1.80.